The predicted octanol–water partition coefficient (Wildman–Crippen LogP) is 4.32. The molecule has 1 atom stereocenters. The molecule has 0 radical (unpaired) electrons. The van der Waals surface area contributed by atoms with Crippen molar-refractivity contribution in [2.45, 2.75) is 66.6 Å². The number of hydrogen-bond donors (Lipinski definition) is 1. The lowest BCUT2D eigenvalue weighted by Gasteiger charge is -2.31. The van der Waals surface area contributed by atoms with Crippen molar-refractivity contribution in [1.82, 2.24) is 10.2 Å². The number of nitrogens with one attached hydrogen (secondary N) is 1. The molecule has 0 saturated heterocycles. The van der Waals surface area contributed by atoms with Gasteiger partial charge in [0.2, 0.25) is 5.91 Å². The van der Waals surface area contributed by atoms with Crippen molar-refractivity contribution >= 4 is 11.8 Å². The van der Waals surface area contributed by atoms with Gasteiger partial charge in [0.05, 0.1) is 0 Å². The predicted molar refractivity (Wildman–Crippen MR) is 120 cm³/mol. The van der Waals surface area contributed by atoms with Crippen molar-refractivity contribution in [3.63, 3.8) is 0 Å². The smallest absolute Gasteiger partial charge is 0.261 e. The van der Waals surface area contributed by atoms with Gasteiger partial charge >= 0.3 is 0 Å². The topological polar surface area (TPSA) is 58.6 Å². The number of nitrogens with zero attached hydrogens (tertiary/aromatic N) is 1. The number of carbonyl (C=O) groups excluding carboxylic acids is 2. The van der Waals surface area contributed by atoms with Crippen molar-refractivity contribution in [2.24, 2.45) is 0 Å². The van der Waals surface area contributed by atoms with E-state index in [0.29, 0.717) is 18.7 Å². The molecule has 2 aromatic carbocycles. The molecule has 0 aliphatic rings. The van der Waals surface area contributed by atoms with Crippen LogP contribution in [-0.4, -0.2) is 35.4 Å². The zero-order valence-electron chi connectivity index (χ0n) is 19.0. The standard InChI is InChI=1S/C25H34N2O3/c1-7-22(25(29)26-17(2)3)27(15-21-12-8-10-18(4)14-21)24(28)16-30-23-13-9-11-19(5)20(23)6/h8-14,17,22H,7,15-16H2,1-6H3,(H,26,29)/t22-/m1/s1. The Morgan fingerprint density at radius 3 is 2.40 bits per heavy atom. The van der Waals surface area contributed by atoms with Gasteiger partial charge in [-0.25, -0.2) is 0 Å². The van der Waals surface area contributed by atoms with Crippen LogP contribution >= 0.6 is 0 Å². The Kier molecular flexibility index (Phi) is 8.46. The van der Waals surface area contributed by atoms with Crippen LogP contribution < -0.4 is 10.1 Å². The van der Waals surface area contributed by atoms with Gasteiger partial charge < -0.3 is 15.0 Å². The number of hydrogen-bond acceptors (Lipinski definition) is 3. The van der Waals surface area contributed by atoms with Gasteiger partial charge in [-0.3, -0.25) is 9.59 Å². The molecule has 2 amide bonds. The highest BCUT2D eigenvalue weighted by atomic mass is 16.5. The molecule has 2 rings (SSSR count). The van der Waals surface area contributed by atoms with E-state index in [-0.39, 0.29) is 24.5 Å². The first-order valence-electron chi connectivity index (χ1n) is 10.6. The summed E-state index contributed by atoms with van der Waals surface area (Å²) in [7, 11) is 0. The number of amides is 2. The molecule has 162 valence electrons. The molecule has 0 fully saturated rings. The summed E-state index contributed by atoms with van der Waals surface area (Å²) < 4.78 is 5.85. The summed E-state index contributed by atoms with van der Waals surface area (Å²) in [5, 5.41) is 2.94. The zero-order chi connectivity index (χ0) is 22.3. The number of rotatable bonds is 9. The summed E-state index contributed by atoms with van der Waals surface area (Å²) in [6.07, 6.45) is 0.527. The van der Waals surface area contributed by atoms with E-state index in [1.807, 2.05) is 84.0 Å². The lowest BCUT2D eigenvalue weighted by atomic mass is 10.1. The lowest BCUT2D eigenvalue weighted by Crippen LogP contribution is -2.51. The minimum Gasteiger partial charge on any atom is -0.483 e. The molecule has 0 bridgehead atoms. The fourth-order valence-electron chi connectivity index (χ4n) is 3.41. The maximum Gasteiger partial charge on any atom is 0.261 e. The van der Waals surface area contributed by atoms with Crippen molar-refractivity contribution in [1.29, 1.82) is 0 Å². The number of aryl methyl sites for hydroxylation is 2. The minimum atomic E-state index is -0.553. The van der Waals surface area contributed by atoms with E-state index in [1.165, 1.54) is 0 Å². The van der Waals surface area contributed by atoms with Crippen LogP contribution in [0.2, 0.25) is 0 Å². The Morgan fingerprint density at radius 2 is 1.77 bits per heavy atom. The van der Waals surface area contributed by atoms with Gasteiger partial charge in [0.15, 0.2) is 6.61 Å². The quantitative estimate of drug-likeness (QED) is 0.670. The second-order valence-electron chi connectivity index (χ2n) is 8.08. The maximum absolute atomic E-state index is 13.2. The van der Waals surface area contributed by atoms with Gasteiger partial charge in [-0.2, -0.15) is 0 Å². The van der Waals surface area contributed by atoms with Gasteiger partial charge in [-0.05, 0) is 63.8 Å². The molecule has 0 aliphatic carbocycles. The summed E-state index contributed by atoms with van der Waals surface area (Å²) in [5.74, 6) is 0.349. The molecule has 0 unspecified atom stereocenters. The van der Waals surface area contributed by atoms with E-state index in [2.05, 4.69) is 5.32 Å². The summed E-state index contributed by atoms with van der Waals surface area (Å²) in [6.45, 7) is 12.0. The van der Waals surface area contributed by atoms with E-state index in [4.69, 9.17) is 4.74 Å². The van der Waals surface area contributed by atoms with Gasteiger partial charge in [0, 0.05) is 12.6 Å². The van der Waals surface area contributed by atoms with Crippen LogP contribution in [0, 0.1) is 20.8 Å². The minimum absolute atomic E-state index is 0.00802. The molecular formula is C25H34N2O3. The third kappa shape index (κ3) is 6.34. The number of carbonyl (C=O) groups is 2. The SMILES string of the molecule is CC[C@H](C(=O)NC(C)C)N(Cc1cccc(C)c1)C(=O)COc1cccc(C)c1C. The summed E-state index contributed by atoms with van der Waals surface area (Å²) in [6, 6.07) is 13.2. The first-order chi connectivity index (χ1) is 14.2. The molecule has 0 saturated carbocycles. The fourth-order valence-corrected chi connectivity index (χ4v) is 3.41. The second-order valence-corrected chi connectivity index (χ2v) is 8.08. The zero-order valence-corrected chi connectivity index (χ0v) is 19.0. The van der Waals surface area contributed by atoms with Crippen LogP contribution in [0.4, 0.5) is 0 Å². The van der Waals surface area contributed by atoms with Gasteiger partial charge in [-0.1, -0.05) is 48.9 Å². The van der Waals surface area contributed by atoms with Crippen LogP contribution in [0.25, 0.3) is 0 Å². The molecule has 2 aromatic rings. The van der Waals surface area contributed by atoms with E-state index in [9.17, 15) is 9.59 Å². The molecule has 1 N–H and O–H groups in total. The molecule has 30 heavy (non-hydrogen) atoms. The van der Waals surface area contributed by atoms with Crippen molar-refractivity contribution in [2.75, 3.05) is 6.61 Å². The monoisotopic (exact) mass is 410 g/mol. The third-order valence-electron chi connectivity index (χ3n) is 5.16. The molecule has 0 spiro atoms. The molecule has 0 heterocycles. The van der Waals surface area contributed by atoms with Crippen LogP contribution in [-0.2, 0) is 16.1 Å². The maximum atomic E-state index is 13.2. The Labute approximate surface area is 180 Å². The lowest BCUT2D eigenvalue weighted by molar-refractivity contribution is -0.143. The summed E-state index contributed by atoms with van der Waals surface area (Å²) in [5.41, 5.74) is 4.23. The summed E-state index contributed by atoms with van der Waals surface area (Å²) >= 11 is 0. The van der Waals surface area contributed by atoms with Gasteiger partial charge in [-0.15, -0.1) is 0 Å². The fraction of sp³-hybridized carbons (Fsp3) is 0.440. The highest BCUT2D eigenvalue weighted by molar-refractivity contribution is 5.88. The largest absolute Gasteiger partial charge is 0.483 e. The van der Waals surface area contributed by atoms with Crippen LogP contribution in [0.15, 0.2) is 42.5 Å². The molecule has 0 aliphatic heterocycles. The highest BCUT2D eigenvalue weighted by Crippen LogP contribution is 2.21. The van der Waals surface area contributed by atoms with Crippen molar-refractivity contribution in [3.8, 4) is 5.75 Å². The van der Waals surface area contributed by atoms with Crippen LogP contribution in [0.1, 0.15) is 49.4 Å². The van der Waals surface area contributed by atoms with Crippen LogP contribution in [0.3, 0.4) is 0 Å². The molecular weight excluding hydrogens is 376 g/mol. The second kappa shape index (κ2) is 10.8. The normalized spacial score (nSPS) is 11.8. The average Bonchev–Trinajstić information content (AvgIpc) is 2.68. The first-order valence-corrected chi connectivity index (χ1v) is 10.6. The highest BCUT2D eigenvalue weighted by Gasteiger charge is 2.29. The molecule has 5 nitrogen and oxygen atoms in total. The Morgan fingerprint density at radius 1 is 1.07 bits per heavy atom. The molecule has 5 heteroatoms. The Bertz CT molecular complexity index is 876. The average molecular weight is 411 g/mol. The summed E-state index contributed by atoms with van der Waals surface area (Å²) in [4.78, 5) is 27.7. The van der Waals surface area contributed by atoms with E-state index < -0.39 is 6.04 Å². The van der Waals surface area contributed by atoms with Crippen LogP contribution in [0.5, 0.6) is 5.75 Å². The van der Waals surface area contributed by atoms with Crippen molar-refractivity contribution < 1.29 is 14.3 Å². The first kappa shape index (κ1) is 23.5. The van der Waals surface area contributed by atoms with E-state index >= 15 is 0 Å². The van der Waals surface area contributed by atoms with Gasteiger partial charge in [0.25, 0.3) is 5.91 Å². The number of benzene rings is 2. The Balaban J connectivity index is 2.25. The molecule has 0 aromatic heterocycles. The Hall–Kier alpha value is -2.82. The van der Waals surface area contributed by atoms with E-state index in [0.717, 1.165) is 22.3 Å². The third-order valence-corrected chi connectivity index (χ3v) is 5.16. The number of ether oxygens (including phenoxy) is 1. The van der Waals surface area contributed by atoms with E-state index in [1.54, 1.807) is 4.90 Å². The van der Waals surface area contributed by atoms with Crippen molar-refractivity contribution in [3.05, 3.63) is 64.7 Å². The van der Waals surface area contributed by atoms with Gasteiger partial charge in [0.1, 0.15) is 11.8 Å².